The first-order valence-corrected chi connectivity index (χ1v) is 6.50. The van der Waals surface area contributed by atoms with Gasteiger partial charge in [0, 0.05) is 19.0 Å². The fourth-order valence-corrected chi connectivity index (χ4v) is 1.84. The van der Waals surface area contributed by atoms with Crippen molar-refractivity contribution < 1.29 is 23.5 Å². The van der Waals surface area contributed by atoms with Crippen molar-refractivity contribution in [3.8, 4) is 0 Å². The van der Waals surface area contributed by atoms with Crippen molar-refractivity contribution in [3.63, 3.8) is 0 Å². The molecule has 1 aromatic carbocycles. The topological polar surface area (TPSA) is 57.6 Å². The highest BCUT2D eigenvalue weighted by Crippen LogP contribution is 2.27. The van der Waals surface area contributed by atoms with Gasteiger partial charge in [0.05, 0.1) is 11.5 Å². The van der Waals surface area contributed by atoms with Crippen LogP contribution in [0, 0.1) is 17.0 Å². The van der Waals surface area contributed by atoms with Crippen LogP contribution in [0.15, 0.2) is 18.2 Å². The Bertz CT molecular complexity index is 558. The SMILES string of the molecule is CC(c1cc(F)ccc1F)N(C)C(=O)CC(C)(C)C(=O)O. The van der Waals surface area contributed by atoms with Crippen LogP contribution in [0.3, 0.4) is 0 Å². The molecule has 0 aliphatic rings. The lowest BCUT2D eigenvalue weighted by Gasteiger charge is -2.28. The number of amides is 1. The zero-order valence-corrected chi connectivity index (χ0v) is 12.5. The first-order valence-electron chi connectivity index (χ1n) is 6.50. The molecule has 0 saturated carbocycles. The largest absolute Gasteiger partial charge is 0.481 e. The summed E-state index contributed by atoms with van der Waals surface area (Å²) < 4.78 is 26.9. The maximum Gasteiger partial charge on any atom is 0.309 e. The van der Waals surface area contributed by atoms with Crippen LogP contribution in [0.5, 0.6) is 0 Å². The Kier molecular flexibility index (Phi) is 5.04. The van der Waals surface area contributed by atoms with E-state index in [0.717, 1.165) is 18.2 Å². The molecule has 6 heteroatoms. The molecule has 1 amide bonds. The number of carbonyl (C=O) groups excluding carboxylic acids is 1. The second-order valence-electron chi connectivity index (χ2n) is 5.71. The Balaban J connectivity index is 2.92. The molecular formula is C15H19F2NO3. The van der Waals surface area contributed by atoms with Gasteiger partial charge in [-0.25, -0.2) is 8.78 Å². The van der Waals surface area contributed by atoms with Gasteiger partial charge in [0.25, 0.3) is 0 Å². The summed E-state index contributed by atoms with van der Waals surface area (Å²) in [6, 6.07) is 2.34. The van der Waals surface area contributed by atoms with E-state index in [1.807, 2.05) is 0 Å². The van der Waals surface area contributed by atoms with Crippen LogP contribution < -0.4 is 0 Å². The molecule has 1 N–H and O–H groups in total. The second-order valence-corrected chi connectivity index (χ2v) is 5.71. The third kappa shape index (κ3) is 4.00. The summed E-state index contributed by atoms with van der Waals surface area (Å²) >= 11 is 0. The Hall–Kier alpha value is -1.98. The van der Waals surface area contributed by atoms with Gasteiger partial charge >= 0.3 is 5.97 Å². The Morgan fingerprint density at radius 1 is 1.33 bits per heavy atom. The van der Waals surface area contributed by atoms with E-state index in [2.05, 4.69) is 0 Å². The number of carboxylic acids is 1. The van der Waals surface area contributed by atoms with Gasteiger partial charge < -0.3 is 10.0 Å². The number of halogens is 2. The number of carbonyl (C=O) groups is 2. The standard InChI is InChI=1S/C15H19F2NO3/c1-9(11-7-10(16)5-6-12(11)17)18(4)13(19)8-15(2,3)14(20)21/h5-7,9H,8H2,1-4H3,(H,20,21). The van der Waals surface area contributed by atoms with E-state index in [-0.39, 0.29) is 12.0 Å². The molecule has 0 fully saturated rings. The predicted octanol–water partition coefficient (Wildman–Crippen LogP) is 2.99. The minimum Gasteiger partial charge on any atom is -0.481 e. The molecule has 0 aliphatic heterocycles. The molecule has 116 valence electrons. The van der Waals surface area contributed by atoms with Crippen LogP contribution in [0.2, 0.25) is 0 Å². The van der Waals surface area contributed by atoms with Gasteiger partial charge in [-0.05, 0) is 39.0 Å². The number of benzene rings is 1. The maximum atomic E-state index is 13.7. The molecule has 0 saturated heterocycles. The maximum absolute atomic E-state index is 13.7. The molecule has 1 unspecified atom stereocenters. The van der Waals surface area contributed by atoms with Crippen LogP contribution in [0.1, 0.15) is 38.8 Å². The first-order chi connectivity index (χ1) is 9.56. The summed E-state index contributed by atoms with van der Waals surface area (Å²) in [6.07, 6.45) is -0.222. The Morgan fingerprint density at radius 3 is 2.43 bits per heavy atom. The van der Waals surface area contributed by atoms with Crippen LogP contribution in [-0.4, -0.2) is 28.9 Å². The zero-order chi connectivity index (χ0) is 16.4. The smallest absolute Gasteiger partial charge is 0.309 e. The quantitative estimate of drug-likeness (QED) is 0.909. The number of rotatable bonds is 5. The minimum atomic E-state index is -1.22. The van der Waals surface area contributed by atoms with E-state index in [0.29, 0.717) is 0 Å². The average molecular weight is 299 g/mol. The summed E-state index contributed by atoms with van der Waals surface area (Å²) in [5.41, 5.74) is -1.16. The van der Waals surface area contributed by atoms with Crippen LogP contribution >= 0.6 is 0 Å². The Labute approximate surface area is 122 Å². The van der Waals surface area contributed by atoms with Gasteiger partial charge in [0.1, 0.15) is 11.6 Å². The van der Waals surface area contributed by atoms with E-state index in [1.54, 1.807) is 6.92 Å². The zero-order valence-electron chi connectivity index (χ0n) is 12.5. The summed E-state index contributed by atoms with van der Waals surface area (Å²) in [4.78, 5) is 24.4. The van der Waals surface area contributed by atoms with Crippen molar-refractivity contribution in [2.24, 2.45) is 5.41 Å². The first kappa shape index (κ1) is 17.1. The van der Waals surface area contributed by atoms with Crippen LogP contribution in [-0.2, 0) is 9.59 Å². The third-order valence-electron chi connectivity index (χ3n) is 3.55. The van der Waals surface area contributed by atoms with E-state index in [4.69, 9.17) is 5.11 Å². The van der Waals surface area contributed by atoms with Gasteiger partial charge in [-0.15, -0.1) is 0 Å². The monoisotopic (exact) mass is 299 g/mol. The van der Waals surface area contributed by atoms with Crippen LogP contribution in [0.4, 0.5) is 8.78 Å². The lowest BCUT2D eigenvalue weighted by atomic mass is 9.88. The van der Waals surface area contributed by atoms with E-state index >= 15 is 0 Å². The molecular weight excluding hydrogens is 280 g/mol. The number of hydrogen-bond acceptors (Lipinski definition) is 2. The number of hydrogen-bond donors (Lipinski definition) is 1. The lowest BCUT2D eigenvalue weighted by molar-refractivity contribution is -0.151. The molecule has 0 bridgehead atoms. The molecule has 1 atom stereocenters. The molecule has 21 heavy (non-hydrogen) atoms. The number of aliphatic carboxylic acids is 1. The molecule has 0 spiro atoms. The predicted molar refractivity (Wildman–Crippen MR) is 73.6 cm³/mol. The minimum absolute atomic E-state index is 0.0546. The van der Waals surface area contributed by atoms with E-state index < -0.39 is 35.0 Å². The highest BCUT2D eigenvalue weighted by atomic mass is 19.1. The van der Waals surface area contributed by atoms with Gasteiger partial charge in [-0.3, -0.25) is 9.59 Å². The molecule has 0 heterocycles. The lowest BCUT2D eigenvalue weighted by Crippen LogP contribution is -2.36. The van der Waals surface area contributed by atoms with Gasteiger partial charge in [-0.1, -0.05) is 0 Å². The van der Waals surface area contributed by atoms with Crippen molar-refractivity contribution in [1.82, 2.24) is 4.90 Å². The number of nitrogens with zero attached hydrogens (tertiary/aromatic N) is 1. The summed E-state index contributed by atoms with van der Waals surface area (Å²) in [5, 5.41) is 9.03. The normalized spacial score (nSPS) is 12.9. The molecule has 1 rings (SSSR count). The Morgan fingerprint density at radius 2 is 1.90 bits per heavy atom. The third-order valence-corrected chi connectivity index (χ3v) is 3.55. The summed E-state index contributed by atoms with van der Waals surface area (Å²) in [5.74, 6) is -2.74. The van der Waals surface area contributed by atoms with Gasteiger partial charge in [0.2, 0.25) is 5.91 Å². The summed E-state index contributed by atoms with van der Waals surface area (Å²) in [6.45, 7) is 4.44. The second kappa shape index (κ2) is 6.20. The highest BCUT2D eigenvalue weighted by Gasteiger charge is 2.32. The molecule has 0 aliphatic carbocycles. The van der Waals surface area contributed by atoms with E-state index in [9.17, 15) is 18.4 Å². The fourth-order valence-electron chi connectivity index (χ4n) is 1.84. The van der Waals surface area contributed by atoms with E-state index in [1.165, 1.54) is 25.8 Å². The van der Waals surface area contributed by atoms with Crippen molar-refractivity contribution in [2.75, 3.05) is 7.05 Å². The van der Waals surface area contributed by atoms with Gasteiger partial charge in [0.15, 0.2) is 0 Å². The van der Waals surface area contributed by atoms with Crippen molar-refractivity contribution in [1.29, 1.82) is 0 Å². The molecule has 0 radical (unpaired) electrons. The van der Waals surface area contributed by atoms with Crippen molar-refractivity contribution >= 4 is 11.9 Å². The van der Waals surface area contributed by atoms with Crippen molar-refractivity contribution in [3.05, 3.63) is 35.4 Å². The molecule has 1 aromatic rings. The molecule has 0 aromatic heterocycles. The number of carboxylic acid groups (broad SMARTS) is 1. The van der Waals surface area contributed by atoms with Crippen LogP contribution in [0.25, 0.3) is 0 Å². The fraction of sp³-hybridized carbons (Fsp3) is 0.467. The van der Waals surface area contributed by atoms with Crippen molar-refractivity contribution in [2.45, 2.75) is 33.2 Å². The van der Waals surface area contributed by atoms with Gasteiger partial charge in [-0.2, -0.15) is 0 Å². The average Bonchev–Trinajstić information content (AvgIpc) is 2.39. The summed E-state index contributed by atoms with van der Waals surface area (Å²) in [7, 11) is 1.44. The molecule has 4 nitrogen and oxygen atoms in total. The highest BCUT2D eigenvalue weighted by molar-refractivity contribution is 5.84.